The average Bonchev–Trinajstić information content (AvgIpc) is 3.05. The summed E-state index contributed by atoms with van der Waals surface area (Å²) in [7, 11) is 0. The Morgan fingerprint density at radius 2 is 1.92 bits per heavy atom. The quantitative estimate of drug-likeness (QED) is 0.667. The number of hydrogen-bond acceptors (Lipinski definition) is 4. The topological polar surface area (TPSA) is 59.9 Å². The van der Waals surface area contributed by atoms with E-state index in [9.17, 15) is 4.79 Å². The lowest BCUT2D eigenvalue weighted by atomic mass is 10.1. The molecular weight excluding hydrogens is 316 g/mol. The molecule has 1 N–H and O–H groups in total. The molecule has 0 fully saturated rings. The molecule has 0 atom stereocenters. The molecule has 5 nitrogen and oxygen atoms in total. The van der Waals surface area contributed by atoms with Gasteiger partial charge in [0, 0.05) is 11.3 Å². The van der Waals surface area contributed by atoms with Crippen molar-refractivity contribution >= 4 is 11.6 Å². The van der Waals surface area contributed by atoms with Crippen LogP contribution in [0.15, 0.2) is 41.5 Å². The van der Waals surface area contributed by atoms with E-state index in [1.165, 1.54) is 0 Å². The first-order valence-corrected chi connectivity index (χ1v) is 8.32. The van der Waals surface area contributed by atoms with E-state index in [0.29, 0.717) is 5.56 Å². The van der Waals surface area contributed by atoms with E-state index >= 15 is 0 Å². The molecule has 0 radical (unpaired) electrons. The van der Waals surface area contributed by atoms with E-state index < -0.39 is 0 Å². The molecule has 0 saturated heterocycles. The Labute approximate surface area is 147 Å². The molecule has 0 unspecified atom stereocenters. The molecular formula is C20H22N2O3. The van der Waals surface area contributed by atoms with E-state index in [1.54, 1.807) is 0 Å². The van der Waals surface area contributed by atoms with Gasteiger partial charge in [-0.25, -0.2) is 5.43 Å². The number of hydrazone groups is 1. The fraction of sp³-hybridized carbons (Fsp3) is 0.300. The van der Waals surface area contributed by atoms with Crippen LogP contribution in [0.5, 0.6) is 11.5 Å². The summed E-state index contributed by atoms with van der Waals surface area (Å²) in [5, 5.41) is 4.21. The summed E-state index contributed by atoms with van der Waals surface area (Å²) in [4.78, 5) is 12.2. The predicted molar refractivity (Wildman–Crippen MR) is 97.4 cm³/mol. The van der Waals surface area contributed by atoms with Gasteiger partial charge in [0.05, 0.1) is 0 Å². The van der Waals surface area contributed by atoms with Crippen molar-refractivity contribution < 1.29 is 14.3 Å². The van der Waals surface area contributed by atoms with Gasteiger partial charge in [0.15, 0.2) is 11.5 Å². The van der Waals surface area contributed by atoms with Crippen LogP contribution < -0.4 is 14.9 Å². The molecule has 3 rings (SSSR count). The molecule has 0 saturated carbocycles. The van der Waals surface area contributed by atoms with E-state index in [-0.39, 0.29) is 12.7 Å². The molecule has 1 heterocycles. The van der Waals surface area contributed by atoms with Crippen LogP contribution in [-0.4, -0.2) is 18.4 Å². The summed E-state index contributed by atoms with van der Waals surface area (Å²) in [6.07, 6.45) is 1.58. The maximum Gasteiger partial charge on any atom is 0.271 e. The summed E-state index contributed by atoms with van der Waals surface area (Å²) in [5.74, 6) is 1.39. The van der Waals surface area contributed by atoms with Crippen molar-refractivity contribution in [2.24, 2.45) is 5.10 Å². The first-order valence-electron chi connectivity index (χ1n) is 8.32. The lowest BCUT2D eigenvalue weighted by Gasteiger charge is -2.07. The third-order valence-electron chi connectivity index (χ3n) is 4.19. The second kappa shape index (κ2) is 7.38. The van der Waals surface area contributed by atoms with Gasteiger partial charge in [0.25, 0.3) is 5.91 Å². The Hall–Kier alpha value is -2.82. The summed E-state index contributed by atoms with van der Waals surface area (Å²) >= 11 is 0. The van der Waals surface area contributed by atoms with E-state index in [2.05, 4.69) is 10.5 Å². The van der Waals surface area contributed by atoms with Crippen molar-refractivity contribution in [1.29, 1.82) is 0 Å². The summed E-state index contributed by atoms with van der Waals surface area (Å²) in [5.41, 5.74) is 7.40. The number of aryl methyl sites for hydroxylation is 3. The molecule has 0 aromatic heterocycles. The van der Waals surface area contributed by atoms with Crippen molar-refractivity contribution in [3.05, 3.63) is 58.7 Å². The van der Waals surface area contributed by atoms with Crippen LogP contribution in [0, 0.1) is 13.8 Å². The standard InChI is InChI=1S/C20H22N2O3/c1-13-4-8-17(14(2)10-13)20(23)22-21-15(3)5-6-16-7-9-18-19(11-16)25-12-24-18/h4,7-11H,5-6,12H2,1-3H3,(H,22,23)/b21-15-. The van der Waals surface area contributed by atoms with Gasteiger partial charge in [-0.15, -0.1) is 0 Å². The number of carbonyl (C=O) groups excluding carboxylic acids is 1. The van der Waals surface area contributed by atoms with Crippen LogP contribution in [0.4, 0.5) is 0 Å². The first kappa shape index (κ1) is 17.0. The number of benzene rings is 2. The summed E-state index contributed by atoms with van der Waals surface area (Å²) < 4.78 is 10.7. The second-order valence-corrected chi connectivity index (χ2v) is 6.29. The van der Waals surface area contributed by atoms with Crippen LogP contribution in [0.3, 0.4) is 0 Å². The van der Waals surface area contributed by atoms with E-state index in [4.69, 9.17) is 9.47 Å². The minimum Gasteiger partial charge on any atom is -0.454 e. The lowest BCUT2D eigenvalue weighted by molar-refractivity contribution is 0.0954. The molecule has 5 heteroatoms. The van der Waals surface area contributed by atoms with Gasteiger partial charge >= 0.3 is 0 Å². The predicted octanol–water partition coefficient (Wildman–Crippen LogP) is 3.77. The number of amides is 1. The van der Waals surface area contributed by atoms with Gasteiger partial charge in [0.2, 0.25) is 6.79 Å². The Kier molecular flexibility index (Phi) is 5.03. The number of nitrogens with zero attached hydrogens (tertiary/aromatic N) is 1. The fourth-order valence-corrected chi connectivity index (χ4v) is 2.75. The third-order valence-corrected chi connectivity index (χ3v) is 4.19. The highest BCUT2D eigenvalue weighted by Crippen LogP contribution is 2.32. The molecule has 1 amide bonds. The van der Waals surface area contributed by atoms with Crippen molar-refractivity contribution in [2.75, 3.05) is 6.79 Å². The van der Waals surface area contributed by atoms with E-state index in [0.717, 1.165) is 46.7 Å². The zero-order valence-electron chi connectivity index (χ0n) is 14.8. The van der Waals surface area contributed by atoms with Gasteiger partial charge in [-0.3, -0.25) is 4.79 Å². The minimum absolute atomic E-state index is 0.181. The molecule has 0 spiro atoms. The highest BCUT2D eigenvalue weighted by molar-refractivity contribution is 5.96. The molecule has 25 heavy (non-hydrogen) atoms. The molecule has 0 aliphatic carbocycles. The van der Waals surface area contributed by atoms with Crippen molar-refractivity contribution in [3.8, 4) is 11.5 Å². The SMILES string of the molecule is C/C(CCc1ccc2c(c1)OCO2)=N/NC(=O)c1ccc(C)cc1C. The fourth-order valence-electron chi connectivity index (χ4n) is 2.75. The molecule has 1 aliphatic rings. The maximum absolute atomic E-state index is 12.2. The number of carbonyl (C=O) groups is 1. The Balaban J connectivity index is 1.56. The summed E-state index contributed by atoms with van der Waals surface area (Å²) in [6.45, 7) is 6.13. The van der Waals surface area contributed by atoms with Gasteiger partial charge in [0.1, 0.15) is 0 Å². The van der Waals surface area contributed by atoms with Crippen LogP contribution >= 0.6 is 0 Å². The normalized spacial score (nSPS) is 13.0. The Morgan fingerprint density at radius 3 is 2.72 bits per heavy atom. The number of fused-ring (bicyclic) bond motifs is 1. The van der Waals surface area contributed by atoms with Crippen LogP contribution in [0.1, 0.15) is 40.4 Å². The number of hydrogen-bond donors (Lipinski definition) is 1. The van der Waals surface area contributed by atoms with Crippen LogP contribution in [-0.2, 0) is 6.42 Å². The van der Waals surface area contributed by atoms with Crippen LogP contribution in [0.25, 0.3) is 0 Å². The molecule has 1 aliphatic heterocycles. The zero-order valence-corrected chi connectivity index (χ0v) is 14.8. The van der Waals surface area contributed by atoms with Crippen molar-refractivity contribution in [2.45, 2.75) is 33.6 Å². The van der Waals surface area contributed by atoms with Crippen LogP contribution in [0.2, 0.25) is 0 Å². The minimum atomic E-state index is -0.181. The maximum atomic E-state index is 12.2. The summed E-state index contributed by atoms with van der Waals surface area (Å²) in [6, 6.07) is 11.7. The van der Waals surface area contributed by atoms with Crippen molar-refractivity contribution in [3.63, 3.8) is 0 Å². The number of nitrogens with one attached hydrogen (secondary N) is 1. The van der Waals surface area contributed by atoms with Gasteiger partial charge < -0.3 is 9.47 Å². The number of ether oxygens (including phenoxy) is 2. The van der Waals surface area contributed by atoms with E-state index in [1.807, 2.05) is 57.2 Å². The molecule has 2 aromatic rings. The highest BCUT2D eigenvalue weighted by Gasteiger charge is 2.13. The second-order valence-electron chi connectivity index (χ2n) is 6.29. The van der Waals surface area contributed by atoms with Gasteiger partial charge in [-0.05, 0) is 62.9 Å². The molecule has 130 valence electrons. The molecule has 2 aromatic carbocycles. The molecule has 0 bridgehead atoms. The third kappa shape index (κ3) is 4.18. The largest absolute Gasteiger partial charge is 0.454 e. The van der Waals surface area contributed by atoms with Gasteiger partial charge in [-0.2, -0.15) is 5.10 Å². The zero-order chi connectivity index (χ0) is 17.8. The smallest absolute Gasteiger partial charge is 0.271 e. The van der Waals surface area contributed by atoms with Gasteiger partial charge in [-0.1, -0.05) is 23.8 Å². The Morgan fingerprint density at radius 1 is 1.12 bits per heavy atom. The first-order chi connectivity index (χ1) is 12.0. The highest BCUT2D eigenvalue weighted by atomic mass is 16.7. The number of rotatable bonds is 5. The average molecular weight is 338 g/mol. The van der Waals surface area contributed by atoms with Crippen molar-refractivity contribution in [1.82, 2.24) is 5.43 Å². The Bertz CT molecular complexity index is 828. The lowest BCUT2D eigenvalue weighted by Crippen LogP contribution is -2.20. The monoisotopic (exact) mass is 338 g/mol.